The van der Waals surface area contributed by atoms with Crippen molar-refractivity contribution in [1.29, 1.82) is 0 Å². The SMILES string of the molecule is COc1cc(N(CCCl)CCCl)ccc1CC(N)C(=O)O. The van der Waals surface area contributed by atoms with Crippen LogP contribution in [0.15, 0.2) is 18.2 Å². The number of aliphatic carboxylic acids is 1. The summed E-state index contributed by atoms with van der Waals surface area (Å²) >= 11 is 11.6. The molecule has 0 aliphatic rings. The van der Waals surface area contributed by atoms with Crippen LogP contribution in [0.25, 0.3) is 0 Å². The van der Waals surface area contributed by atoms with Gasteiger partial charge in [0.2, 0.25) is 0 Å². The number of carboxylic acids is 1. The molecule has 1 aromatic carbocycles. The fraction of sp³-hybridized carbons (Fsp3) is 0.500. The molecule has 21 heavy (non-hydrogen) atoms. The van der Waals surface area contributed by atoms with E-state index in [1.54, 1.807) is 7.11 Å². The number of alkyl halides is 2. The number of ether oxygens (including phenoxy) is 1. The van der Waals surface area contributed by atoms with Crippen molar-refractivity contribution in [2.45, 2.75) is 12.5 Å². The Morgan fingerprint density at radius 1 is 1.38 bits per heavy atom. The summed E-state index contributed by atoms with van der Waals surface area (Å²) in [5.74, 6) is 0.556. The molecule has 0 saturated heterocycles. The number of nitrogens with two attached hydrogens (primary N) is 1. The van der Waals surface area contributed by atoms with Gasteiger partial charge in [-0.25, -0.2) is 0 Å². The van der Waals surface area contributed by atoms with Crippen molar-refractivity contribution in [2.24, 2.45) is 5.73 Å². The Bertz CT molecular complexity index is 466. The maximum atomic E-state index is 10.8. The fourth-order valence-electron chi connectivity index (χ4n) is 2.00. The number of methoxy groups -OCH3 is 1. The van der Waals surface area contributed by atoms with Gasteiger partial charge in [-0.2, -0.15) is 0 Å². The van der Waals surface area contributed by atoms with E-state index in [9.17, 15) is 4.79 Å². The number of halogens is 2. The second kappa shape index (κ2) is 8.97. The van der Waals surface area contributed by atoms with Crippen molar-refractivity contribution in [3.8, 4) is 5.75 Å². The Morgan fingerprint density at radius 2 is 2.00 bits per heavy atom. The monoisotopic (exact) mass is 334 g/mol. The van der Waals surface area contributed by atoms with Crippen LogP contribution in [0, 0.1) is 0 Å². The molecular formula is C14H20Cl2N2O3. The van der Waals surface area contributed by atoms with Crippen LogP contribution in [0.5, 0.6) is 5.75 Å². The quantitative estimate of drug-likeness (QED) is 0.675. The molecule has 0 radical (unpaired) electrons. The zero-order valence-electron chi connectivity index (χ0n) is 11.9. The average Bonchev–Trinajstić information content (AvgIpc) is 2.47. The fourth-order valence-corrected chi connectivity index (χ4v) is 2.40. The number of hydrogen-bond acceptors (Lipinski definition) is 4. The zero-order valence-corrected chi connectivity index (χ0v) is 13.4. The molecule has 0 aliphatic heterocycles. The molecule has 0 amide bonds. The minimum Gasteiger partial charge on any atom is -0.496 e. The molecule has 0 spiro atoms. The van der Waals surface area contributed by atoms with E-state index in [0.29, 0.717) is 30.6 Å². The van der Waals surface area contributed by atoms with E-state index < -0.39 is 12.0 Å². The van der Waals surface area contributed by atoms with E-state index >= 15 is 0 Å². The minimum atomic E-state index is -1.04. The van der Waals surface area contributed by atoms with Crippen molar-refractivity contribution in [2.75, 3.05) is 36.9 Å². The third-order valence-electron chi connectivity index (χ3n) is 3.10. The van der Waals surface area contributed by atoms with Crippen LogP contribution < -0.4 is 15.4 Å². The molecule has 0 fully saturated rings. The van der Waals surface area contributed by atoms with Crippen LogP contribution in [-0.2, 0) is 11.2 Å². The van der Waals surface area contributed by atoms with Crippen LogP contribution in [0.3, 0.4) is 0 Å². The van der Waals surface area contributed by atoms with Crippen LogP contribution in [0.4, 0.5) is 5.69 Å². The van der Waals surface area contributed by atoms with Crippen LogP contribution in [0.2, 0.25) is 0 Å². The highest BCUT2D eigenvalue weighted by molar-refractivity contribution is 6.18. The van der Waals surface area contributed by atoms with Gasteiger partial charge in [-0.05, 0) is 11.6 Å². The first-order valence-electron chi connectivity index (χ1n) is 6.55. The van der Waals surface area contributed by atoms with Gasteiger partial charge in [0.05, 0.1) is 7.11 Å². The van der Waals surface area contributed by atoms with Crippen LogP contribution in [0.1, 0.15) is 5.56 Å². The average molecular weight is 335 g/mol. The summed E-state index contributed by atoms with van der Waals surface area (Å²) in [5.41, 5.74) is 7.25. The lowest BCUT2D eigenvalue weighted by Crippen LogP contribution is -2.32. The number of carbonyl (C=O) groups is 1. The van der Waals surface area contributed by atoms with E-state index in [4.69, 9.17) is 38.8 Å². The highest BCUT2D eigenvalue weighted by Crippen LogP contribution is 2.26. The van der Waals surface area contributed by atoms with Crippen molar-refractivity contribution < 1.29 is 14.6 Å². The normalized spacial score (nSPS) is 12.0. The standard InChI is InChI=1S/C14H20Cl2N2O3/c1-21-13-9-11(18(6-4-15)7-5-16)3-2-10(13)8-12(17)14(19)20/h2-3,9,12H,4-8,17H2,1H3,(H,19,20). The second-order valence-electron chi connectivity index (χ2n) is 4.51. The maximum Gasteiger partial charge on any atom is 0.320 e. The zero-order chi connectivity index (χ0) is 15.8. The number of hydrogen-bond donors (Lipinski definition) is 2. The smallest absolute Gasteiger partial charge is 0.320 e. The molecule has 1 unspecified atom stereocenters. The highest BCUT2D eigenvalue weighted by atomic mass is 35.5. The summed E-state index contributed by atoms with van der Waals surface area (Å²) in [5, 5.41) is 8.89. The number of rotatable bonds is 9. The molecular weight excluding hydrogens is 315 g/mol. The Balaban J connectivity index is 2.98. The Labute approximate surface area is 134 Å². The summed E-state index contributed by atoms with van der Waals surface area (Å²) < 4.78 is 5.33. The van der Waals surface area contributed by atoms with Gasteiger partial charge in [-0.15, -0.1) is 23.2 Å². The van der Waals surface area contributed by atoms with Crippen molar-refractivity contribution in [1.82, 2.24) is 0 Å². The highest BCUT2D eigenvalue weighted by Gasteiger charge is 2.16. The topological polar surface area (TPSA) is 75.8 Å². The summed E-state index contributed by atoms with van der Waals surface area (Å²) in [6.45, 7) is 1.34. The molecule has 1 aromatic rings. The van der Waals surface area contributed by atoms with E-state index in [1.165, 1.54) is 0 Å². The lowest BCUT2D eigenvalue weighted by molar-refractivity contribution is -0.138. The molecule has 0 aromatic heterocycles. The maximum absolute atomic E-state index is 10.8. The van der Waals surface area contributed by atoms with Crippen LogP contribution in [-0.4, -0.2) is 49.1 Å². The lowest BCUT2D eigenvalue weighted by atomic mass is 10.0. The predicted molar refractivity (Wildman–Crippen MR) is 86.0 cm³/mol. The van der Waals surface area contributed by atoms with E-state index in [0.717, 1.165) is 11.3 Å². The lowest BCUT2D eigenvalue weighted by Gasteiger charge is -2.24. The first-order chi connectivity index (χ1) is 10.0. The van der Waals surface area contributed by atoms with E-state index in [-0.39, 0.29) is 6.42 Å². The molecule has 1 atom stereocenters. The Morgan fingerprint density at radius 3 is 2.48 bits per heavy atom. The van der Waals surface area contributed by atoms with Crippen LogP contribution >= 0.6 is 23.2 Å². The van der Waals surface area contributed by atoms with Crippen molar-refractivity contribution in [3.63, 3.8) is 0 Å². The minimum absolute atomic E-state index is 0.212. The molecule has 3 N–H and O–H groups in total. The molecule has 1 rings (SSSR count). The van der Waals surface area contributed by atoms with Gasteiger partial charge in [-0.3, -0.25) is 4.79 Å². The van der Waals surface area contributed by atoms with Gasteiger partial charge in [-0.1, -0.05) is 6.07 Å². The van der Waals surface area contributed by atoms with Gasteiger partial charge in [0.25, 0.3) is 0 Å². The number of benzene rings is 1. The van der Waals surface area contributed by atoms with Gasteiger partial charge in [0, 0.05) is 43.0 Å². The molecule has 0 aliphatic carbocycles. The van der Waals surface area contributed by atoms with Gasteiger partial charge in [0.15, 0.2) is 0 Å². The van der Waals surface area contributed by atoms with E-state index in [1.807, 2.05) is 23.1 Å². The van der Waals surface area contributed by atoms with Gasteiger partial charge in [0.1, 0.15) is 11.8 Å². The van der Waals surface area contributed by atoms with Gasteiger partial charge >= 0.3 is 5.97 Å². The number of carboxylic acid groups (broad SMARTS) is 1. The summed E-state index contributed by atoms with van der Waals surface area (Å²) in [6.07, 6.45) is 0.212. The number of anilines is 1. The first kappa shape index (κ1) is 17.9. The number of nitrogens with zero attached hydrogens (tertiary/aromatic N) is 1. The third kappa shape index (κ3) is 5.26. The predicted octanol–water partition coefficient (Wildman–Crippen LogP) is 1.93. The van der Waals surface area contributed by atoms with Gasteiger partial charge < -0.3 is 20.5 Å². The second-order valence-corrected chi connectivity index (χ2v) is 5.27. The van der Waals surface area contributed by atoms with Crippen molar-refractivity contribution in [3.05, 3.63) is 23.8 Å². The third-order valence-corrected chi connectivity index (χ3v) is 3.44. The van der Waals surface area contributed by atoms with E-state index in [2.05, 4.69) is 0 Å². The summed E-state index contributed by atoms with van der Waals surface area (Å²) in [6, 6.07) is 4.62. The molecule has 0 saturated carbocycles. The largest absolute Gasteiger partial charge is 0.496 e. The molecule has 0 heterocycles. The Hall–Kier alpha value is -1.17. The molecule has 7 heteroatoms. The summed E-state index contributed by atoms with van der Waals surface area (Å²) in [4.78, 5) is 12.9. The van der Waals surface area contributed by atoms with Crippen molar-refractivity contribution >= 4 is 34.9 Å². The molecule has 5 nitrogen and oxygen atoms in total. The first-order valence-corrected chi connectivity index (χ1v) is 7.62. The Kier molecular flexibility index (Phi) is 7.64. The molecule has 118 valence electrons. The summed E-state index contributed by atoms with van der Waals surface area (Å²) in [7, 11) is 1.54. The molecule has 0 bridgehead atoms.